The molecule has 0 rings (SSSR count). The molecule has 0 aliphatic rings. The van der Waals surface area contributed by atoms with E-state index in [4.69, 9.17) is 15.0 Å². The predicted octanol–water partition coefficient (Wildman–Crippen LogP) is -0.541. The molecule has 0 saturated heterocycles. The first kappa shape index (κ1) is 22.9. The van der Waals surface area contributed by atoms with Crippen LogP contribution in [0.1, 0.15) is 0 Å². The van der Waals surface area contributed by atoms with Crippen LogP contribution in [0.4, 0.5) is 9.50 Å². The van der Waals surface area contributed by atoms with Crippen molar-refractivity contribution >= 4 is 55.0 Å². The van der Waals surface area contributed by atoms with Crippen LogP contribution in [0.3, 0.4) is 0 Å². The Bertz CT molecular complexity index is 37.9. The van der Waals surface area contributed by atoms with Gasteiger partial charge in [0.2, 0.25) is 0 Å². The van der Waals surface area contributed by atoms with Crippen LogP contribution in [0.15, 0.2) is 0 Å². The summed E-state index contributed by atoms with van der Waals surface area (Å²) in [5.74, 6) is 0. The molecule has 3 nitrogen and oxygen atoms in total. The molecule has 2 N–H and O–H groups in total. The molecule has 0 fully saturated rings. The number of halogens is 1. The molecule has 0 atom stereocenters. The van der Waals surface area contributed by atoms with Crippen LogP contribution in [-0.2, 0) is 0 Å². The van der Waals surface area contributed by atoms with Crippen molar-refractivity contribution in [2.75, 3.05) is 0 Å². The molecule has 6 heteroatoms. The maximum Gasteiger partial charge on any atom is 0 e. The second kappa shape index (κ2) is 15.7. The molecule has 7 heavy (non-hydrogen) atoms. The van der Waals surface area contributed by atoms with Gasteiger partial charge in [0.05, 0.1) is 0 Å². The summed E-state index contributed by atoms with van der Waals surface area (Å²) in [6, 6.07) is 0. The Kier molecular flexibility index (Phi) is 51.4. The van der Waals surface area contributed by atoms with Gasteiger partial charge in [0.1, 0.15) is 0 Å². The number of hydrogen-bond donors (Lipinski definition) is 2. The summed E-state index contributed by atoms with van der Waals surface area (Å²) in [6.07, 6.45) is -1.83. The van der Waals surface area contributed by atoms with Gasteiger partial charge in [-0.2, -0.15) is 0 Å². The molecule has 0 saturated carbocycles. The summed E-state index contributed by atoms with van der Waals surface area (Å²) in [4.78, 5) is 8.56. The molecule has 0 unspecified atom stereocenters. The third kappa shape index (κ3) is 66.7. The minimum Gasteiger partial charge on any atom is 0 e. The zero-order chi connectivity index (χ0) is 3.58. The average molecular weight is 361 g/mol. The largest absolute Gasteiger partial charge is 0 e. The van der Waals surface area contributed by atoms with Crippen molar-refractivity contribution < 1.29 is 61.5 Å². The Labute approximate surface area is 114 Å². The van der Waals surface area contributed by atoms with E-state index in [1.165, 1.54) is 0 Å². The Balaban J connectivity index is -0.0000000150. The fourth-order valence-corrected chi connectivity index (χ4v) is 0. The molecule has 0 heterocycles. The second-order valence-electron chi connectivity index (χ2n) is 0.283. The summed E-state index contributed by atoms with van der Waals surface area (Å²) in [7, 11) is 0. The smallest absolute Gasteiger partial charge is 0 e. The minimum absolute atomic E-state index is 0. The van der Waals surface area contributed by atoms with Crippen LogP contribution in [0.25, 0.3) is 0 Å². The average Bonchev–Trinajstić information content (AvgIpc) is 0.811. The first-order valence-electron chi connectivity index (χ1n) is 0.651. The summed E-state index contributed by atoms with van der Waals surface area (Å²) < 4.78 is 0. The first-order valence-corrected chi connectivity index (χ1v) is 0.651. The topological polar surface area (TPSA) is 57.5 Å². The van der Waals surface area contributed by atoms with Gasteiger partial charge in [-0.3, -0.25) is 4.70 Å². The van der Waals surface area contributed by atoms with Crippen LogP contribution >= 0.6 is 0 Å². The monoisotopic (exact) mass is 362 g/mol. The first-order chi connectivity index (χ1) is 1.73. The molecule has 0 aromatic carbocycles. The predicted molar refractivity (Wildman–Crippen MR) is 21.7 cm³/mol. The van der Waals surface area contributed by atoms with Crippen molar-refractivity contribution in [3.63, 3.8) is 0 Å². The van der Waals surface area contributed by atoms with Crippen molar-refractivity contribution in [3.05, 3.63) is 0 Å². The number of carboxylic acid groups (broad SMARTS) is 2. The van der Waals surface area contributed by atoms with Crippen LogP contribution in [0.2, 0.25) is 0 Å². The van der Waals surface area contributed by atoms with E-state index in [1.807, 2.05) is 0 Å². The molecule has 0 spiro atoms. The van der Waals surface area contributed by atoms with E-state index in [0.717, 1.165) is 0 Å². The van der Waals surface area contributed by atoms with Gasteiger partial charge in [-0.1, -0.05) is 0 Å². The van der Waals surface area contributed by atoms with Crippen molar-refractivity contribution in [3.8, 4) is 0 Å². The zero-order valence-corrected chi connectivity index (χ0v) is 5.85. The van der Waals surface area contributed by atoms with Gasteiger partial charge in [-0.25, -0.2) is 4.79 Å². The normalized spacial score (nSPS) is 3.43. The molecular formula is CH5BaCeFO3. The van der Waals surface area contributed by atoms with E-state index >= 15 is 0 Å². The van der Waals surface area contributed by atoms with Crippen molar-refractivity contribution in [2.45, 2.75) is 0 Å². The number of carbonyl (C=O) groups is 1. The fourth-order valence-electron chi connectivity index (χ4n) is 0. The summed E-state index contributed by atoms with van der Waals surface area (Å²) >= 11 is 0. The Morgan fingerprint density at radius 3 is 1.29 bits per heavy atom. The van der Waals surface area contributed by atoms with E-state index < -0.39 is 6.16 Å². The molecule has 0 radical (unpaired) electrons. The third-order valence-corrected chi connectivity index (χ3v) is 0. The second-order valence-corrected chi connectivity index (χ2v) is 0.283. The third-order valence-electron chi connectivity index (χ3n) is 0. The summed E-state index contributed by atoms with van der Waals surface area (Å²) in [6.45, 7) is 0. The van der Waals surface area contributed by atoms with E-state index in [2.05, 4.69) is 0 Å². The van der Waals surface area contributed by atoms with Gasteiger partial charge in [0.15, 0.2) is 0 Å². The Morgan fingerprint density at radius 1 is 1.29 bits per heavy atom. The van der Waals surface area contributed by atoms with Crippen LogP contribution in [0, 0.1) is 41.7 Å². The maximum absolute atomic E-state index is 8.56. The number of rotatable bonds is 0. The zero-order valence-electron chi connectivity index (χ0n) is 2.71. The van der Waals surface area contributed by atoms with Crippen molar-refractivity contribution in [1.82, 2.24) is 0 Å². The van der Waals surface area contributed by atoms with Crippen molar-refractivity contribution in [1.29, 1.82) is 0 Å². The minimum atomic E-state index is -1.83. The molecule has 40 valence electrons. The van der Waals surface area contributed by atoms with Gasteiger partial charge in [-0.05, 0) is 0 Å². The van der Waals surface area contributed by atoms with E-state index in [0.29, 0.717) is 0 Å². The quantitative estimate of drug-likeness (QED) is 0.570. The van der Waals surface area contributed by atoms with Crippen molar-refractivity contribution in [2.24, 2.45) is 0 Å². The SMILES string of the molecule is F.O=C(O)O.[BaH2].[Ce]. The molecule has 0 aliphatic heterocycles. The van der Waals surface area contributed by atoms with Gasteiger partial charge in [0.25, 0.3) is 0 Å². The molecular weight excluding hydrogens is 356 g/mol. The van der Waals surface area contributed by atoms with Crippen LogP contribution < -0.4 is 0 Å². The molecule has 0 amide bonds. The van der Waals surface area contributed by atoms with Crippen LogP contribution in [-0.4, -0.2) is 65.2 Å². The number of hydrogen-bond acceptors (Lipinski definition) is 1. The standard InChI is InChI=1S/CH2O3.Ba.Ce.FH.2H/c2-1(3)4;;;;;/h(H2,2,3,4);;;1H;;. The van der Waals surface area contributed by atoms with Gasteiger partial charge in [-0.15, -0.1) is 0 Å². The van der Waals surface area contributed by atoms with E-state index in [9.17, 15) is 0 Å². The molecule has 0 bridgehead atoms. The van der Waals surface area contributed by atoms with E-state index in [-0.39, 0.29) is 95.3 Å². The Morgan fingerprint density at radius 2 is 1.29 bits per heavy atom. The molecule has 0 aromatic heterocycles. The van der Waals surface area contributed by atoms with Gasteiger partial charge >= 0.3 is 55.0 Å². The molecule has 0 aliphatic carbocycles. The molecule has 0 aromatic rings. The summed E-state index contributed by atoms with van der Waals surface area (Å²) in [5.41, 5.74) is 0. The summed E-state index contributed by atoms with van der Waals surface area (Å²) in [5, 5.41) is 13.9. The van der Waals surface area contributed by atoms with Gasteiger partial charge < -0.3 is 10.2 Å². The van der Waals surface area contributed by atoms with Gasteiger partial charge in [0, 0.05) is 41.7 Å². The Hall–Kier alpha value is 2.15. The fraction of sp³-hybridized carbons (Fsp3) is 0. The maximum atomic E-state index is 8.56. The van der Waals surface area contributed by atoms with E-state index in [1.54, 1.807) is 0 Å². The van der Waals surface area contributed by atoms with Crippen LogP contribution in [0.5, 0.6) is 0 Å².